The lowest BCUT2D eigenvalue weighted by atomic mass is 9.53. The molecule has 1 fully saturated rings. The van der Waals surface area contributed by atoms with Crippen LogP contribution in [0.25, 0.3) is 0 Å². The maximum absolute atomic E-state index is 11.3. The van der Waals surface area contributed by atoms with E-state index >= 15 is 0 Å². The Kier molecular flexibility index (Phi) is 2.99. The van der Waals surface area contributed by atoms with Crippen molar-refractivity contribution < 1.29 is 9.53 Å². The van der Waals surface area contributed by atoms with Crippen LogP contribution in [0.1, 0.15) is 40.0 Å². The molecule has 0 aromatic rings. The van der Waals surface area contributed by atoms with E-state index in [0.29, 0.717) is 5.92 Å². The minimum absolute atomic E-state index is 0.0302. The van der Waals surface area contributed by atoms with Crippen molar-refractivity contribution in [2.24, 2.45) is 17.3 Å². The van der Waals surface area contributed by atoms with E-state index in [1.807, 2.05) is 0 Å². The molecule has 1 saturated carbocycles. The summed E-state index contributed by atoms with van der Waals surface area (Å²) in [6.45, 7) is 6.55. The first-order valence-electron chi connectivity index (χ1n) is 5.11. The van der Waals surface area contributed by atoms with Crippen LogP contribution in [0.5, 0.6) is 0 Å². The molecule has 13 heavy (non-hydrogen) atoms. The molecule has 0 spiro atoms. The molecule has 0 heterocycles. The lowest BCUT2D eigenvalue weighted by Crippen LogP contribution is -2.49. The summed E-state index contributed by atoms with van der Waals surface area (Å²) in [5.74, 6) is 0.813. The summed E-state index contributed by atoms with van der Waals surface area (Å²) >= 11 is 0. The van der Waals surface area contributed by atoms with Gasteiger partial charge in [-0.3, -0.25) is 4.79 Å². The van der Waals surface area contributed by atoms with Gasteiger partial charge in [-0.15, -0.1) is 0 Å². The SMILES string of the molecule is CCCC1CC(C(=O)OC)C1(C)C. The van der Waals surface area contributed by atoms with E-state index in [0.717, 1.165) is 6.42 Å². The molecule has 0 N–H and O–H groups in total. The zero-order chi connectivity index (χ0) is 10.1. The van der Waals surface area contributed by atoms with Crippen molar-refractivity contribution in [3.63, 3.8) is 0 Å². The summed E-state index contributed by atoms with van der Waals surface area (Å²) in [6, 6.07) is 0. The van der Waals surface area contributed by atoms with Crippen molar-refractivity contribution in [2.75, 3.05) is 7.11 Å². The number of ether oxygens (including phenoxy) is 1. The van der Waals surface area contributed by atoms with Gasteiger partial charge in [0.15, 0.2) is 0 Å². The average molecular weight is 184 g/mol. The lowest BCUT2D eigenvalue weighted by Gasteiger charge is -2.50. The molecule has 2 nitrogen and oxygen atoms in total. The van der Waals surface area contributed by atoms with Crippen LogP contribution in [0.4, 0.5) is 0 Å². The zero-order valence-electron chi connectivity index (χ0n) is 9.09. The second-order valence-corrected chi connectivity index (χ2v) is 4.62. The first-order chi connectivity index (χ1) is 6.04. The second kappa shape index (κ2) is 3.69. The van der Waals surface area contributed by atoms with Gasteiger partial charge in [0.2, 0.25) is 0 Å². The molecule has 0 aromatic carbocycles. The Morgan fingerprint density at radius 1 is 1.54 bits per heavy atom. The summed E-state index contributed by atoms with van der Waals surface area (Å²) in [4.78, 5) is 11.3. The number of hydrogen-bond acceptors (Lipinski definition) is 2. The highest BCUT2D eigenvalue weighted by Crippen LogP contribution is 2.53. The molecule has 0 radical (unpaired) electrons. The molecule has 1 rings (SSSR count). The van der Waals surface area contributed by atoms with Crippen LogP contribution < -0.4 is 0 Å². The summed E-state index contributed by atoms with van der Waals surface area (Å²) in [5, 5.41) is 0. The van der Waals surface area contributed by atoms with Gasteiger partial charge in [-0.25, -0.2) is 0 Å². The highest BCUT2D eigenvalue weighted by atomic mass is 16.5. The predicted octanol–water partition coefficient (Wildman–Crippen LogP) is 2.62. The van der Waals surface area contributed by atoms with Crippen LogP contribution >= 0.6 is 0 Å². The Morgan fingerprint density at radius 3 is 2.54 bits per heavy atom. The monoisotopic (exact) mass is 184 g/mol. The number of hydrogen-bond donors (Lipinski definition) is 0. The standard InChI is InChI=1S/C11H20O2/c1-5-6-8-7-9(10(12)13-4)11(8,2)3/h8-9H,5-7H2,1-4H3. The maximum Gasteiger partial charge on any atom is 0.309 e. The van der Waals surface area contributed by atoms with Gasteiger partial charge in [-0.05, 0) is 17.8 Å². The first kappa shape index (κ1) is 10.6. The molecule has 0 saturated heterocycles. The lowest BCUT2D eigenvalue weighted by molar-refractivity contribution is -0.162. The van der Waals surface area contributed by atoms with Gasteiger partial charge in [0, 0.05) is 0 Å². The van der Waals surface area contributed by atoms with Gasteiger partial charge in [0.05, 0.1) is 13.0 Å². The average Bonchev–Trinajstić information content (AvgIpc) is 2.10. The molecule has 0 amide bonds. The van der Waals surface area contributed by atoms with Gasteiger partial charge in [0.25, 0.3) is 0 Å². The van der Waals surface area contributed by atoms with Crippen molar-refractivity contribution >= 4 is 5.97 Å². The Morgan fingerprint density at radius 2 is 2.15 bits per heavy atom. The van der Waals surface area contributed by atoms with E-state index < -0.39 is 0 Å². The van der Waals surface area contributed by atoms with E-state index in [9.17, 15) is 4.79 Å². The topological polar surface area (TPSA) is 26.3 Å². The van der Waals surface area contributed by atoms with Gasteiger partial charge in [0.1, 0.15) is 0 Å². The van der Waals surface area contributed by atoms with Crippen molar-refractivity contribution in [2.45, 2.75) is 40.0 Å². The van der Waals surface area contributed by atoms with Crippen LogP contribution in [0.15, 0.2) is 0 Å². The molecule has 2 atom stereocenters. The highest BCUT2D eigenvalue weighted by Gasteiger charge is 2.51. The number of methoxy groups -OCH3 is 1. The van der Waals surface area contributed by atoms with Gasteiger partial charge in [-0.1, -0.05) is 33.6 Å². The van der Waals surface area contributed by atoms with Crippen LogP contribution in [0.2, 0.25) is 0 Å². The number of carbonyl (C=O) groups is 1. The van der Waals surface area contributed by atoms with E-state index in [1.54, 1.807) is 0 Å². The third-order valence-corrected chi connectivity index (χ3v) is 3.59. The molecule has 2 heteroatoms. The van der Waals surface area contributed by atoms with E-state index in [-0.39, 0.29) is 17.3 Å². The van der Waals surface area contributed by atoms with Crippen molar-refractivity contribution in [1.82, 2.24) is 0 Å². The summed E-state index contributed by atoms with van der Waals surface area (Å²) in [7, 11) is 1.48. The normalized spacial score (nSPS) is 30.8. The fraction of sp³-hybridized carbons (Fsp3) is 0.909. The minimum Gasteiger partial charge on any atom is -0.469 e. The summed E-state index contributed by atoms with van der Waals surface area (Å²) in [5.41, 5.74) is 0.156. The van der Waals surface area contributed by atoms with Crippen LogP contribution in [0.3, 0.4) is 0 Å². The summed E-state index contributed by atoms with van der Waals surface area (Å²) < 4.78 is 4.78. The Labute approximate surface area is 80.7 Å². The molecule has 0 bridgehead atoms. The van der Waals surface area contributed by atoms with Crippen molar-refractivity contribution in [3.8, 4) is 0 Å². The molecular formula is C11H20O2. The van der Waals surface area contributed by atoms with E-state index in [1.165, 1.54) is 20.0 Å². The molecular weight excluding hydrogens is 164 g/mol. The van der Waals surface area contributed by atoms with Gasteiger partial charge in [-0.2, -0.15) is 0 Å². The van der Waals surface area contributed by atoms with Crippen molar-refractivity contribution in [3.05, 3.63) is 0 Å². The van der Waals surface area contributed by atoms with Crippen LogP contribution in [0, 0.1) is 17.3 Å². The Hall–Kier alpha value is -0.530. The van der Waals surface area contributed by atoms with Gasteiger partial charge >= 0.3 is 5.97 Å². The fourth-order valence-corrected chi connectivity index (χ4v) is 2.40. The fourth-order valence-electron chi connectivity index (χ4n) is 2.40. The van der Waals surface area contributed by atoms with E-state index in [2.05, 4.69) is 20.8 Å². The van der Waals surface area contributed by atoms with E-state index in [4.69, 9.17) is 4.74 Å². The Balaban J connectivity index is 2.53. The third-order valence-electron chi connectivity index (χ3n) is 3.59. The van der Waals surface area contributed by atoms with Gasteiger partial charge < -0.3 is 4.74 Å². The molecule has 1 aliphatic rings. The molecule has 76 valence electrons. The number of carbonyl (C=O) groups excluding carboxylic acids is 1. The Bertz CT molecular complexity index is 196. The second-order valence-electron chi connectivity index (χ2n) is 4.62. The third kappa shape index (κ3) is 1.72. The number of esters is 1. The smallest absolute Gasteiger partial charge is 0.309 e. The molecule has 1 aliphatic carbocycles. The molecule has 2 unspecified atom stereocenters. The quantitative estimate of drug-likeness (QED) is 0.630. The summed E-state index contributed by atoms with van der Waals surface area (Å²) in [6.07, 6.45) is 3.47. The highest BCUT2D eigenvalue weighted by molar-refractivity contribution is 5.74. The largest absolute Gasteiger partial charge is 0.469 e. The molecule has 0 aliphatic heterocycles. The first-order valence-corrected chi connectivity index (χ1v) is 5.11. The number of rotatable bonds is 3. The predicted molar refractivity (Wildman–Crippen MR) is 52.3 cm³/mol. The van der Waals surface area contributed by atoms with Crippen molar-refractivity contribution in [1.29, 1.82) is 0 Å². The minimum atomic E-state index is -0.0302. The van der Waals surface area contributed by atoms with Crippen LogP contribution in [-0.4, -0.2) is 13.1 Å². The zero-order valence-corrected chi connectivity index (χ0v) is 9.09. The molecule has 0 aromatic heterocycles. The van der Waals surface area contributed by atoms with Crippen LogP contribution in [-0.2, 0) is 9.53 Å². The maximum atomic E-state index is 11.3.